The molecule has 41 heavy (non-hydrogen) atoms. The van der Waals surface area contributed by atoms with Crippen molar-refractivity contribution in [2.45, 2.75) is 25.8 Å². The Bertz CT molecular complexity index is 1770. The molecule has 0 unspecified atom stereocenters. The molecule has 2 aliphatic heterocycles. The van der Waals surface area contributed by atoms with Gasteiger partial charge in [-0.2, -0.15) is 4.98 Å². The zero-order valence-electron chi connectivity index (χ0n) is 22.3. The van der Waals surface area contributed by atoms with E-state index in [4.69, 9.17) is 21.3 Å². The Labute approximate surface area is 239 Å². The predicted molar refractivity (Wildman–Crippen MR) is 152 cm³/mol. The second kappa shape index (κ2) is 10.2. The summed E-state index contributed by atoms with van der Waals surface area (Å²) in [4.78, 5) is 43.6. The van der Waals surface area contributed by atoms with Crippen LogP contribution >= 0.6 is 11.6 Å². The Balaban J connectivity index is 1.69. The number of anilines is 1. The molecule has 0 saturated carbocycles. The molecule has 4 aromatic rings. The second-order valence-corrected chi connectivity index (χ2v) is 10.6. The van der Waals surface area contributed by atoms with Crippen molar-refractivity contribution >= 4 is 34.4 Å². The number of piperazine rings is 1. The molecule has 1 aromatic carbocycles. The Morgan fingerprint density at radius 2 is 2.05 bits per heavy atom. The van der Waals surface area contributed by atoms with Crippen molar-refractivity contribution in [3.05, 3.63) is 76.2 Å². The lowest BCUT2D eigenvalue weighted by Gasteiger charge is -2.40. The number of nitrogens with zero attached hydrogens (tertiary/aromatic N) is 6. The third-order valence-corrected chi connectivity index (χ3v) is 7.75. The molecular weight excluding hydrogens is 551 g/mol. The molecule has 1 N–H and O–H groups in total. The van der Waals surface area contributed by atoms with E-state index in [1.165, 1.54) is 28.8 Å². The van der Waals surface area contributed by atoms with Crippen LogP contribution in [0.1, 0.15) is 25.5 Å². The molecular formula is C29H26ClFN6O4. The number of benzene rings is 1. The Morgan fingerprint density at radius 1 is 1.24 bits per heavy atom. The van der Waals surface area contributed by atoms with Gasteiger partial charge in [-0.05, 0) is 36.3 Å². The number of carbonyl (C=O) groups is 1. The van der Waals surface area contributed by atoms with Gasteiger partial charge in [-0.15, -0.1) is 0 Å². The summed E-state index contributed by atoms with van der Waals surface area (Å²) < 4.78 is 22.8. The first kappa shape index (κ1) is 26.7. The average molecular weight is 577 g/mol. The van der Waals surface area contributed by atoms with Crippen LogP contribution in [-0.4, -0.2) is 67.7 Å². The van der Waals surface area contributed by atoms with Crippen LogP contribution in [0, 0.1) is 5.82 Å². The quantitative estimate of drug-likeness (QED) is 0.362. The largest absolute Gasteiger partial charge is 0.507 e. The maximum Gasteiger partial charge on any atom is 0.355 e. The van der Waals surface area contributed by atoms with Gasteiger partial charge in [0.2, 0.25) is 5.91 Å². The molecule has 1 atom stereocenters. The Hall–Kier alpha value is -4.51. The number of pyridine rings is 2. The molecule has 210 valence electrons. The number of rotatable bonds is 4. The Kier molecular flexibility index (Phi) is 6.61. The molecule has 6 rings (SSSR count). The number of aromatic nitrogens is 4. The highest BCUT2D eigenvalue weighted by Gasteiger charge is 2.37. The van der Waals surface area contributed by atoms with Gasteiger partial charge in [0.05, 0.1) is 23.0 Å². The number of hydrogen-bond donors (Lipinski definition) is 1. The zero-order valence-corrected chi connectivity index (χ0v) is 23.1. The Morgan fingerprint density at radius 3 is 2.78 bits per heavy atom. The third kappa shape index (κ3) is 4.28. The molecule has 0 bridgehead atoms. The van der Waals surface area contributed by atoms with Crippen molar-refractivity contribution < 1.29 is 19.0 Å². The van der Waals surface area contributed by atoms with Gasteiger partial charge in [0.15, 0.2) is 11.4 Å². The minimum Gasteiger partial charge on any atom is -0.507 e. The fraction of sp³-hybridized carbons (Fsp3) is 0.276. The van der Waals surface area contributed by atoms with Crippen molar-refractivity contribution in [3.63, 3.8) is 0 Å². The molecule has 12 heteroatoms. The number of hydrogen-bond acceptors (Lipinski definition) is 8. The van der Waals surface area contributed by atoms with Gasteiger partial charge in [-0.3, -0.25) is 9.78 Å². The van der Waals surface area contributed by atoms with Gasteiger partial charge < -0.3 is 19.6 Å². The molecule has 2 aliphatic rings. The summed E-state index contributed by atoms with van der Waals surface area (Å²) in [6, 6.07) is 6.96. The molecule has 3 aromatic heterocycles. The summed E-state index contributed by atoms with van der Waals surface area (Å²) >= 11 is 6.87. The van der Waals surface area contributed by atoms with E-state index in [-0.39, 0.29) is 57.9 Å². The SMILES string of the molecule is C=CC(=O)N1CCN2c3nc(=O)n(-c4cccnc4C(C)C)c4nc(-c5c(O)cccc5F)c(Cl)c(c34)OC[C@H]2C1. The van der Waals surface area contributed by atoms with Gasteiger partial charge in [0.1, 0.15) is 40.1 Å². The van der Waals surface area contributed by atoms with E-state index in [0.29, 0.717) is 42.2 Å². The van der Waals surface area contributed by atoms with E-state index in [1.807, 2.05) is 18.7 Å². The molecule has 10 nitrogen and oxygen atoms in total. The van der Waals surface area contributed by atoms with Crippen molar-refractivity contribution in [1.82, 2.24) is 24.4 Å². The van der Waals surface area contributed by atoms with Crippen molar-refractivity contribution in [1.29, 1.82) is 0 Å². The van der Waals surface area contributed by atoms with E-state index in [1.54, 1.807) is 23.2 Å². The normalized spacial score (nSPS) is 16.4. The van der Waals surface area contributed by atoms with E-state index in [2.05, 4.69) is 16.5 Å². The first-order chi connectivity index (χ1) is 19.7. The van der Waals surface area contributed by atoms with E-state index in [0.717, 1.165) is 0 Å². The van der Waals surface area contributed by atoms with Gasteiger partial charge >= 0.3 is 5.69 Å². The fourth-order valence-electron chi connectivity index (χ4n) is 5.48. The molecule has 0 aliphatic carbocycles. The molecule has 1 saturated heterocycles. The molecule has 0 radical (unpaired) electrons. The first-order valence-electron chi connectivity index (χ1n) is 13.1. The number of halogens is 2. The fourth-order valence-corrected chi connectivity index (χ4v) is 5.77. The second-order valence-electron chi connectivity index (χ2n) is 10.2. The summed E-state index contributed by atoms with van der Waals surface area (Å²) in [6.45, 7) is 8.63. The number of phenolic OH excluding ortho intramolecular Hbond substituents is 1. The van der Waals surface area contributed by atoms with Crippen molar-refractivity contribution in [3.8, 4) is 28.4 Å². The van der Waals surface area contributed by atoms with Crippen LogP contribution in [-0.2, 0) is 4.79 Å². The molecule has 1 amide bonds. The number of carbonyl (C=O) groups excluding carboxylic acids is 1. The number of ether oxygens (including phenoxy) is 1. The van der Waals surface area contributed by atoms with Crippen molar-refractivity contribution in [2.24, 2.45) is 0 Å². The van der Waals surface area contributed by atoms with Gasteiger partial charge in [0.25, 0.3) is 0 Å². The summed E-state index contributed by atoms with van der Waals surface area (Å²) in [5, 5.41) is 11.0. The number of fused-ring (bicyclic) bond motifs is 2. The monoisotopic (exact) mass is 576 g/mol. The smallest absolute Gasteiger partial charge is 0.355 e. The number of phenols is 1. The topological polar surface area (TPSA) is 114 Å². The van der Waals surface area contributed by atoms with Crippen LogP contribution in [0.25, 0.3) is 28.0 Å². The van der Waals surface area contributed by atoms with Crippen molar-refractivity contribution in [2.75, 3.05) is 31.1 Å². The lowest BCUT2D eigenvalue weighted by atomic mass is 10.1. The van der Waals surface area contributed by atoms with Crippen LogP contribution < -0.4 is 15.3 Å². The van der Waals surface area contributed by atoms with E-state index >= 15 is 4.39 Å². The summed E-state index contributed by atoms with van der Waals surface area (Å²) in [5.74, 6) is -0.933. The lowest BCUT2D eigenvalue weighted by Crippen LogP contribution is -2.56. The number of aromatic hydroxyl groups is 1. The highest BCUT2D eigenvalue weighted by Crippen LogP contribution is 2.47. The summed E-state index contributed by atoms with van der Waals surface area (Å²) in [7, 11) is 0. The average Bonchev–Trinajstić information content (AvgIpc) is 3.12. The van der Waals surface area contributed by atoms with Gasteiger partial charge in [-0.25, -0.2) is 18.7 Å². The first-order valence-corrected chi connectivity index (χ1v) is 13.5. The van der Waals surface area contributed by atoms with Crippen LogP contribution in [0.3, 0.4) is 0 Å². The zero-order chi connectivity index (χ0) is 29.0. The third-order valence-electron chi connectivity index (χ3n) is 7.40. The summed E-state index contributed by atoms with van der Waals surface area (Å²) in [5.41, 5.74) is 0.266. The molecule has 0 spiro atoms. The molecule has 1 fully saturated rings. The highest BCUT2D eigenvalue weighted by atomic mass is 35.5. The minimum atomic E-state index is -0.747. The maximum atomic E-state index is 15.1. The predicted octanol–water partition coefficient (Wildman–Crippen LogP) is 4.06. The molecule has 5 heterocycles. The maximum absolute atomic E-state index is 15.1. The van der Waals surface area contributed by atoms with Crippen LogP contribution in [0.2, 0.25) is 5.02 Å². The standard InChI is InChI=1S/C29H26ClFN6O4/c1-4-20(39)35-11-12-36-16(13-35)14-41-26-22-27(36)34-29(40)37(18-8-6-10-32-24(18)15(2)3)28(22)33-25(23(26)30)21-17(31)7-5-9-19(21)38/h4-10,15-16,38H,1,11-14H2,2-3H3/t16-/m1/s1. The van der Waals surface area contributed by atoms with Gasteiger partial charge in [-0.1, -0.05) is 38.1 Å². The number of amides is 1. The van der Waals surface area contributed by atoms with Crippen LogP contribution in [0.15, 0.2) is 54.0 Å². The highest BCUT2D eigenvalue weighted by molar-refractivity contribution is 6.36. The van der Waals surface area contributed by atoms with E-state index < -0.39 is 11.5 Å². The minimum absolute atomic E-state index is 0.0414. The van der Waals surface area contributed by atoms with Crippen LogP contribution in [0.5, 0.6) is 11.5 Å². The summed E-state index contributed by atoms with van der Waals surface area (Å²) in [6.07, 6.45) is 2.89. The van der Waals surface area contributed by atoms with Crippen LogP contribution in [0.4, 0.5) is 10.2 Å². The van der Waals surface area contributed by atoms with Gasteiger partial charge in [0, 0.05) is 25.8 Å². The van der Waals surface area contributed by atoms with E-state index in [9.17, 15) is 14.7 Å². The lowest BCUT2D eigenvalue weighted by molar-refractivity contribution is -0.126.